The second-order valence-corrected chi connectivity index (χ2v) is 3.86. The van der Waals surface area contributed by atoms with Crippen LogP contribution in [0.15, 0.2) is 12.4 Å². The first kappa shape index (κ1) is 10.8. The molecule has 1 aromatic rings. The SMILES string of the molecule is CC(C)c1nccn1CC(=O)N(C)C. The summed E-state index contributed by atoms with van der Waals surface area (Å²) < 4.78 is 1.90. The van der Waals surface area contributed by atoms with Crippen LogP contribution < -0.4 is 0 Å². The van der Waals surface area contributed by atoms with Crippen LogP contribution in [-0.4, -0.2) is 34.5 Å². The van der Waals surface area contributed by atoms with Gasteiger partial charge in [-0.2, -0.15) is 0 Å². The first-order valence-corrected chi connectivity index (χ1v) is 4.73. The van der Waals surface area contributed by atoms with Gasteiger partial charge in [-0.25, -0.2) is 4.98 Å². The van der Waals surface area contributed by atoms with Gasteiger partial charge in [0.15, 0.2) is 0 Å². The summed E-state index contributed by atoms with van der Waals surface area (Å²) in [5.41, 5.74) is 0. The lowest BCUT2D eigenvalue weighted by atomic mass is 10.2. The van der Waals surface area contributed by atoms with Gasteiger partial charge in [0.25, 0.3) is 0 Å². The van der Waals surface area contributed by atoms with Crippen LogP contribution in [0.5, 0.6) is 0 Å². The van der Waals surface area contributed by atoms with Gasteiger partial charge < -0.3 is 9.47 Å². The fourth-order valence-corrected chi connectivity index (χ4v) is 1.24. The molecule has 0 bridgehead atoms. The maximum Gasteiger partial charge on any atom is 0.242 e. The summed E-state index contributed by atoms with van der Waals surface area (Å²) in [5.74, 6) is 1.39. The number of carbonyl (C=O) groups excluding carboxylic acids is 1. The van der Waals surface area contributed by atoms with Crippen molar-refractivity contribution in [2.75, 3.05) is 14.1 Å². The largest absolute Gasteiger partial charge is 0.347 e. The van der Waals surface area contributed by atoms with E-state index < -0.39 is 0 Å². The maximum atomic E-state index is 11.5. The van der Waals surface area contributed by atoms with Gasteiger partial charge in [0.2, 0.25) is 5.91 Å². The Kier molecular flexibility index (Phi) is 3.28. The zero-order valence-corrected chi connectivity index (χ0v) is 9.19. The Balaban J connectivity index is 2.76. The molecule has 78 valence electrons. The molecule has 1 amide bonds. The zero-order valence-electron chi connectivity index (χ0n) is 9.19. The molecule has 0 aliphatic carbocycles. The first-order valence-electron chi connectivity index (χ1n) is 4.73. The molecule has 0 aliphatic rings. The molecular weight excluding hydrogens is 178 g/mol. The lowest BCUT2D eigenvalue weighted by Gasteiger charge is -2.13. The van der Waals surface area contributed by atoms with Crippen LogP contribution in [0.25, 0.3) is 0 Å². The standard InChI is InChI=1S/C10H17N3O/c1-8(2)10-11-5-6-13(10)7-9(14)12(3)4/h5-6,8H,7H2,1-4H3. The van der Waals surface area contributed by atoms with E-state index in [0.29, 0.717) is 12.5 Å². The van der Waals surface area contributed by atoms with Crippen molar-refractivity contribution in [1.82, 2.24) is 14.5 Å². The van der Waals surface area contributed by atoms with E-state index in [2.05, 4.69) is 18.8 Å². The molecule has 4 heteroatoms. The smallest absolute Gasteiger partial charge is 0.242 e. The monoisotopic (exact) mass is 195 g/mol. The predicted molar refractivity (Wildman–Crippen MR) is 55.0 cm³/mol. The first-order chi connectivity index (χ1) is 6.52. The number of aromatic nitrogens is 2. The Morgan fingerprint density at radius 2 is 2.21 bits per heavy atom. The van der Waals surface area contributed by atoms with Gasteiger partial charge in [-0.3, -0.25) is 4.79 Å². The number of rotatable bonds is 3. The molecule has 14 heavy (non-hydrogen) atoms. The van der Waals surface area contributed by atoms with E-state index in [9.17, 15) is 4.79 Å². The average molecular weight is 195 g/mol. The Morgan fingerprint density at radius 3 is 2.71 bits per heavy atom. The topological polar surface area (TPSA) is 38.1 Å². The second kappa shape index (κ2) is 4.26. The lowest BCUT2D eigenvalue weighted by molar-refractivity contribution is -0.129. The third kappa shape index (κ3) is 2.34. The summed E-state index contributed by atoms with van der Waals surface area (Å²) in [6.45, 7) is 4.51. The molecule has 0 atom stereocenters. The fraction of sp³-hybridized carbons (Fsp3) is 0.600. The van der Waals surface area contributed by atoms with Gasteiger partial charge in [0.05, 0.1) is 0 Å². The molecule has 0 aliphatic heterocycles. The Morgan fingerprint density at radius 1 is 1.57 bits per heavy atom. The van der Waals surface area contributed by atoms with Crippen molar-refractivity contribution < 1.29 is 4.79 Å². The van der Waals surface area contributed by atoms with Crippen molar-refractivity contribution >= 4 is 5.91 Å². The highest BCUT2D eigenvalue weighted by Gasteiger charge is 2.11. The molecule has 0 fully saturated rings. The summed E-state index contributed by atoms with van der Waals surface area (Å²) in [6.07, 6.45) is 3.58. The molecule has 0 unspecified atom stereocenters. The number of carbonyl (C=O) groups is 1. The average Bonchev–Trinajstić information content (AvgIpc) is 2.52. The predicted octanol–water partition coefficient (Wildman–Crippen LogP) is 1.09. The van der Waals surface area contributed by atoms with E-state index in [4.69, 9.17) is 0 Å². The third-order valence-electron chi connectivity index (χ3n) is 2.07. The van der Waals surface area contributed by atoms with Gasteiger partial charge in [-0.15, -0.1) is 0 Å². The minimum absolute atomic E-state index is 0.0879. The van der Waals surface area contributed by atoms with Crippen molar-refractivity contribution in [2.45, 2.75) is 26.3 Å². The van der Waals surface area contributed by atoms with Crippen LogP contribution in [0, 0.1) is 0 Å². The van der Waals surface area contributed by atoms with E-state index in [-0.39, 0.29) is 5.91 Å². The van der Waals surface area contributed by atoms with Crippen molar-refractivity contribution in [3.63, 3.8) is 0 Å². The third-order valence-corrected chi connectivity index (χ3v) is 2.07. The Labute approximate surface area is 84.5 Å². The molecule has 0 aromatic carbocycles. The fourth-order valence-electron chi connectivity index (χ4n) is 1.24. The quantitative estimate of drug-likeness (QED) is 0.724. The Bertz CT molecular complexity index is 315. The van der Waals surface area contributed by atoms with Crippen molar-refractivity contribution in [1.29, 1.82) is 0 Å². The molecule has 0 spiro atoms. The number of amides is 1. The summed E-state index contributed by atoms with van der Waals surface area (Å²) >= 11 is 0. The molecule has 0 radical (unpaired) electrons. The van der Waals surface area contributed by atoms with Gasteiger partial charge in [0.1, 0.15) is 12.4 Å². The van der Waals surface area contributed by atoms with Crippen LogP contribution in [0.4, 0.5) is 0 Å². The molecule has 0 N–H and O–H groups in total. The maximum absolute atomic E-state index is 11.5. The molecule has 0 saturated carbocycles. The zero-order chi connectivity index (χ0) is 10.7. The minimum Gasteiger partial charge on any atom is -0.347 e. The van der Waals surface area contributed by atoms with Gasteiger partial charge in [-0.05, 0) is 0 Å². The van der Waals surface area contributed by atoms with Crippen LogP contribution in [0.3, 0.4) is 0 Å². The molecule has 0 saturated heterocycles. The molecule has 1 rings (SSSR count). The van der Waals surface area contributed by atoms with Gasteiger partial charge >= 0.3 is 0 Å². The van der Waals surface area contributed by atoms with Crippen LogP contribution >= 0.6 is 0 Å². The van der Waals surface area contributed by atoms with Crippen molar-refractivity contribution in [3.8, 4) is 0 Å². The molecular formula is C10H17N3O. The molecule has 1 heterocycles. The van der Waals surface area contributed by atoms with Gasteiger partial charge in [-0.1, -0.05) is 13.8 Å². The summed E-state index contributed by atoms with van der Waals surface area (Å²) in [6, 6.07) is 0. The molecule has 4 nitrogen and oxygen atoms in total. The van der Waals surface area contributed by atoms with E-state index in [1.54, 1.807) is 25.2 Å². The normalized spacial score (nSPS) is 10.6. The highest BCUT2D eigenvalue weighted by Crippen LogP contribution is 2.11. The minimum atomic E-state index is 0.0879. The van der Waals surface area contributed by atoms with Crippen molar-refractivity contribution in [3.05, 3.63) is 18.2 Å². The van der Waals surface area contributed by atoms with Crippen LogP contribution in [-0.2, 0) is 11.3 Å². The highest BCUT2D eigenvalue weighted by molar-refractivity contribution is 5.75. The Hall–Kier alpha value is -1.32. The van der Waals surface area contributed by atoms with E-state index in [1.165, 1.54) is 0 Å². The molecule has 1 aromatic heterocycles. The number of nitrogens with zero attached hydrogens (tertiary/aromatic N) is 3. The van der Waals surface area contributed by atoms with Crippen LogP contribution in [0.1, 0.15) is 25.6 Å². The van der Waals surface area contributed by atoms with E-state index in [1.807, 2.05) is 10.8 Å². The van der Waals surface area contributed by atoms with Crippen molar-refractivity contribution in [2.24, 2.45) is 0 Å². The van der Waals surface area contributed by atoms with Crippen LogP contribution in [0.2, 0.25) is 0 Å². The van der Waals surface area contributed by atoms with E-state index >= 15 is 0 Å². The number of likely N-dealkylation sites (N-methyl/N-ethyl adjacent to an activating group) is 1. The number of hydrogen-bond donors (Lipinski definition) is 0. The van der Waals surface area contributed by atoms with Gasteiger partial charge in [0, 0.05) is 32.4 Å². The highest BCUT2D eigenvalue weighted by atomic mass is 16.2. The second-order valence-electron chi connectivity index (χ2n) is 3.86. The summed E-state index contributed by atoms with van der Waals surface area (Å²) in [4.78, 5) is 17.3. The summed E-state index contributed by atoms with van der Waals surface area (Å²) in [7, 11) is 3.52. The lowest BCUT2D eigenvalue weighted by Crippen LogP contribution is -2.26. The summed E-state index contributed by atoms with van der Waals surface area (Å²) in [5, 5.41) is 0. The van der Waals surface area contributed by atoms with E-state index in [0.717, 1.165) is 5.82 Å². The number of imidazole rings is 1. The number of hydrogen-bond acceptors (Lipinski definition) is 2.